The minimum atomic E-state index is -3.46. The van der Waals surface area contributed by atoms with Crippen molar-refractivity contribution < 1.29 is 27.2 Å². The summed E-state index contributed by atoms with van der Waals surface area (Å²) in [7, 11) is -6.85. The summed E-state index contributed by atoms with van der Waals surface area (Å²) in [4.78, 5) is 0. The third-order valence-electron chi connectivity index (χ3n) is 2.71. The third kappa shape index (κ3) is 4.68. The summed E-state index contributed by atoms with van der Waals surface area (Å²) in [5.41, 5.74) is -0.591. The van der Waals surface area contributed by atoms with Crippen molar-refractivity contribution in [1.29, 1.82) is 0 Å². The Morgan fingerprint density at radius 2 is 1.48 bits per heavy atom. The largest absolute Gasteiger partial charge is 0.358 e. The van der Waals surface area contributed by atoms with Crippen molar-refractivity contribution in [3.8, 4) is 0 Å². The SMILES string of the molecule is CCOP(=O)(OCC)C1=CSCC1P(=O)(OCC)OCC. The van der Waals surface area contributed by atoms with E-state index in [1.165, 1.54) is 11.8 Å². The van der Waals surface area contributed by atoms with Gasteiger partial charge in [-0.15, -0.1) is 11.8 Å². The highest BCUT2D eigenvalue weighted by molar-refractivity contribution is 8.03. The molecule has 0 aliphatic carbocycles. The molecule has 0 aromatic rings. The summed E-state index contributed by atoms with van der Waals surface area (Å²) >= 11 is 1.42. The molecule has 0 fully saturated rings. The van der Waals surface area contributed by atoms with E-state index in [1.807, 2.05) is 0 Å². The second kappa shape index (κ2) is 8.88. The van der Waals surface area contributed by atoms with E-state index in [1.54, 1.807) is 33.1 Å². The van der Waals surface area contributed by atoms with Crippen molar-refractivity contribution in [2.75, 3.05) is 32.2 Å². The van der Waals surface area contributed by atoms with Crippen LogP contribution in [0.3, 0.4) is 0 Å². The third-order valence-corrected chi connectivity index (χ3v) is 9.02. The fraction of sp³-hybridized carbons (Fsp3) is 0.833. The second-order valence-corrected chi connectivity index (χ2v) is 9.25. The lowest BCUT2D eigenvalue weighted by molar-refractivity contribution is 0.211. The molecule has 0 saturated carbocycles. The highest BCUT2D eigenvalue weighted by Gasteiger charge is 2.48. The van der Waals surface area contributed by atoms with Gasteiger partial charge in [-0.3, -0.25) is 9.13 Å². The van der Waals surface area contributed by atoms with Gasteiger partial charge in [0.25, 0.3) is 0 Å². The monoisotopic (exact) mass is 358 g/mol. The average Bonchev–Trinajstić information content (AvgIpc) is 2.90. The van der Waals surface area contributed by atoms with E-state index in [-0.39, 0.29) is 26.4 Å². The van der Waals surface area contributed by atoms with E-state index < -0.39 is 20.9 Å². The second-order valence-electron chi connectivity index (χ2n) is 4.10. The molecule has 0 bridgehead atoms. The fourth-order valence-electron chi connectivity index (χ4n) is 1.99. The number of hydrogen-bond acceptors (Lipinski definition) is 7. The molecule has 1 aliphatic heterocycles. The highest BCUT2D eigenvalue weighted by atomic mass is 32.2. The van der Waals surface area contributed by atoms with Gasteiger partial charge in [-0.05, 0) is 33.1 Å². The van der Waals surface area contributed by atoms with Crippen LogP contribution >= 0.6 is 27.0 Å². The van der Waals surface area contributed by atoms with E-state index in [4.69, 9.17) is 18.1 Å². The first-order valence-electron chi connectivity index (χ1n) is 7.07. The molecular weight excluding hydrogens is 334 g/mol. The molecule has 9 heteroatoms. The van der Waals surface area contributed by atoms with Gasteiger partial charge >= 0.3 is 15.2 Å². The van der Waals surface area contributed by atoms with Crippen molar-refractivity contribution in [3.63, 3.8) is 0 Å². The predicted molar refractivity (Wildman–Crippen MR) is 86.0 cm³/mol. The summed E-state index contributed by atoms with van der Waals surface area (Å²) in [5, 5.41) is 2.11. The summed E-state index contributed by atoms with van der Waals surface area (Å²) in [6.45, 7) is 8.02. The smallest absolute Gasteiger partial charge is 0.308 e. The van der Waals surface area contributed by atoms with Crippen LogP contribution in [-0.2, 0) is 27.2 Å². The number of thioether (sulfide) groups is 1. The molecule has 0 aromatic heterocycles. The van der Waals surface area contributed by atoms with E-state index in [2.05, 4.69) is 0 Å². The lowest BCUT2D eigenvalue weighted by Gasteiger charge is -2.27. The quantitative estimate of drug-likeness (QED) is 0.533. The van der Waals surface area contributed by atoms with E-state index in [0.717, 1.165) is 0 Å². The molecule has 0 aromatic carbocycles. The minimum Gasteiger partial charge on any atom is -0.308 e. The first-order valence-corrected chi connectivity index (χ1v) is 11.3. The van der Waals surface area contributed by atoms with Gasteiger partial charge in [0.2, 0.25) is 0 Å². The maximum absolute atomic E-state index is 13.0. The van der Waals surface area contributed by atoms with Crippen LogP contribution in [0.1, 0.15) is 27.7 Å². The molecular formula is C12H24O6P2S. The van der Waals surface area contributed by atoms with E-state index >= 15 is 0 Å². The van der Waals surface area contributed by atoms with Crippen LogP contribution in [0.25, 0.3) is 0 Å². The minimum absolute atomic E-state index is 0.250. The molecule has 1 rings (SSSR count). The van der Waals surface area contributed by atoms with Gasteiger partial charge in [0.1, 0.15) is 5.66 Å². The summed E-state index contributed by atoms with van der Waals surface area (Å²) in [6, 6.07) is 0. The van der Waals surface area contributed by atoms with Gasteiger partial charge in [0, 0.05) is 5.75 Å². The standard InChI is InChI=1S/C12H24O6P2S/c1-5-15-19(13,16-6-2)11-9-21-10-12(11)20(14,17-7-3)18-8-4/h9,12H,5-8,10H2,1-4H3. The maximum atomic E-state index is 13.0. The van der Waals surface area contributed by atoms with Crippen molar-refractivity contribution in [2.24, 2.45) is 0 Å². The summed E-state index contributed by atoms with van der Waals surface area (Å²) < 4.78 is 47.3. The van der Waals surface area contributed by atoms with Crippen molar-refractivity contribution in [2.45, 2.75) is 33.4 Å². The summed E-state index contributed by atoms with van der Waals surface area (Å²) in [5.74, 6) is 0.483. The maximum Gasteiger partial charge on any atom is 0.358 e. The Bertz CT molecular complexity index is 433. The van der Waals surface area contributed by atoms with Crippen molar-refractivity contribution in [1.82, 2.24) is 0 Å². The van der Waals surface area contributed by atoms with Gasteiger partial charge in [-0.25, -0.2) is 0 Å². The Hall–Kier alpha value is 0.390. The zero-order valence-electron chi connectivity index (χ0n) is 12.9. The Morgan fingerprint density at radius 1 is 1.00 bits per heavy atom. The zero-order chi connectivity index (χ0) is 15.9. The number of allylic oxidation sites excluding steroid dienone is 1. The molecule has 124 valence electrons. The molecule has 1 unspecified atom stereocenters. The predicted octanol–water partition coefficient (Wildman–Crippen LogP) is 4.48. The molecule has 0 spiro atoms. The lowest BCUT2D eigenvalue weighted by Crippen LogP contribution is -2.17. The number of hydrogen-bond donors (Lipinski definition) is 0. The van der Waals surface area contributed by atoms with Crippen molar-refractivity contribution in [3.05, 3.63) is 10.7 Å². The van der Waals surface area contributed by atoms with Crippen LogP contribution in [0, 0.1) is 0 Å². The zero-order valence-corrected chi connectivity index (χ0v) is 15.5. The molecule has 0 radical (unpaired) electrons. The lowest BCUT2D eigenvalue weighted by atomic mass is 10.5. The van der Waals surface area contributed by atoms with Crippen LogP contribution in [0.4, 0.5) is 0 Å². The Balaban J connectivity index is 3.10. The van der Waals surface area contributed by atoms with Crippen molar-refractivity contribution >= 4 is 27.0 Å². The molecule has 1 heterocycles. The van der Waals surface area contributed by atoms with E-state index in [0.29, 0.717) is 11.1 Å². The first kappa shape index (κ1) is 19.4. The topological polar surface area (TPSA) is 71.1 Å². The van der Waals surface area contributed by atoms with Gasteiger partial charge in [-0.2, -0.15) is 0 Å². The van der Waals surface area contributed by atoms with Crippen LogP contribution < -0.4 is 0 Å². The van der Waals surface area contributed by atoms with Gasteiger partial charge < -0.3 is 18.1 Å². The molecule has 0 amide bonds. The molecule has 1 atom stereocenters. The molecule has 0 saturated heterocycles. The first-order chi connectivity index (χ1) is 9.97. The van der Waals surface area contributed by atoms with Gasteiger partial charge in [0.05, 0.1) is 31.7 Å². The Labute approximate surface area is 131 Å². The van der Waals surface area contributed by atoms with Gasteiger partial charge in [-0.1, -0.05) is 0 Å². The van der Waals surface area contributed by atoms with Crippen LogP contribution in [-0.4, -0.2) is 37.8 Å². The van der Waals surface area contributed by atoms with Gasteiger partial charge in [0.15, 0.2) is 0 Å². The van der Waals surface area contributed by atoms with E-state index in [9.17, 15) is 9.13 Å². The van der Waals surface area contributed by atoms with Crippen LogP contribution in [0.2, 0.25) is 0 Å². The average molecular weight is 358 g/mol. The Morgan fingerprint density at radius 3 is 1.90 bits per heavy atom. The Kier molecular flexibility index (Phi) is 8.21. The van der Waals surface area contributed by atoms with Crippen LogP contribution in [0.5, 0.6) is 0 Å². The molecule has 1 aliphatic rings. The summed E-state index contributed by atoms with van der Waals surface area (Å²) in [6.07, 6.45) is 0. The number of rotatable bonds is 10. The van der Waals surface area contributed by atoms with Crippen LogP contribution in [0.15, 0.2) is 10.7 Å². The molecule has 21 heavy (non-hydrogen) atoms. The molecule has 0 N–H and O–H groups in total. The molecule has 6 nitrogen and oxygen atoms in total. The fourth-order valence-corrected chi connectivity index (χ4v) is 8.65. The normalized spacial score (nSPS) is 19.8. The highest BCUT2D eigenvalue weighted by Crippen LogP contribution is 2.69.